The summed E-state index contributed by atoms with van der Waals surface area (Å²) in [6.45, 7) is 7.40. The average Bonchev–Trinajstić information content (AvgIpc) is 2.77. The summed E-state index contributed by atoms with van der Waals surface area (Å²) in [6.07, 6.45) is 1.78. The van der Waals surface area contributed by atoms with Crippen molar-refractivity contribution in [3.63, 3.8) is 0 Å². The second kappa shape index (κ2) is 5.33. The van der Waals surface area contributed by atoms with Gasteiger partial charge in [0.05, 0.1) is 0 Å². The molecule has 1 aromatic rings. The smallest absolute Gasteiger partial charge is 0.320 e. The SMILES string of the molecule is CC(C)(C)c1ccc(CC2CCN[C@@H]2C(=O)O)cc1. The van der Waals surface area contributed by atoms with Gasteiger partial charge in [-0.25, -0.2) is 0 Å². The number of carboxylic acids is 1. The van der Waals surface area contributed by atoms with Crippen molar-refractivity contribution in [3.05, 3.63) is 35.4 Å². The fraction of sp³-hybridized carbons (Fsp3) is 0.562. The van der Waals surface area contributed by atoms with Crippen LogP contribution in [-0.2, 0) is 16.6 Å². The monoisotopic (exact) mass is 261 g/mol. The van der Waals surface area contributed by atoms with E-state index in [-0.39, 0.29) is 17.4 Å². The predicted octanol–water partition coefficient (Wildman–Crippen LogP) is 2.59. The topological polar surface area (TPSA) is 49.3 Å². The third-order valence-corrected chi connectivity index (χ3v) is 3.93. The maximum Gasteiger partial charge on any atom is 0.320 e. The Morgan fingerprint density at radius 3 is 2.47 bits per heavy atom. The highest BCUT2D eigenvalue weighted by Crippen LogP contribution is 2.25. The Labute approximate surface area is 115 Å². The first-order valence-electron chi connectivity index (χ1n) is 6.93. The largest absolute Gasteiger partial charge is 0.480 e. The van der Waals surface area contributed by atoms with E-state index in [1.807, 2.05) is 0 Å². The molecule has 1 aliphatic rings. The van der Waals surface area contributed by atoms with Gasteiger partial charge >= 0.3 is 5.97 Å². The molecule has 1 heterocycles. The lowest BCUT2D eigenvalue weighted by Crippen LogP contribution is -2.36. The molecule has 0 spiro atoms. The first-order valence-corrected chi connectivity index (χ1v) is 6.93. The molecule has 0 aliphatic carbocycles. The molecule has 1 saturated heterocycles. The second-order valence-electron chi connectivity index (χ2n) is 6.47. The quantitative estimate of drug-likeness (QED) is 0.879. The molecule has 2 N–H and O–H groups in total. The standard InChI is InChI=1S/C16H23NO2/c1-16(2,3)13-6-4-11(5-7-13)10-12-8-9-17-14(12)15(18)19/h4-7,12,14,17H,8-10H2,1-3H3,(H,18,19)/t12?,14-/m0/s1. The highest BCUT2D eigenvalue weighted by atomic mass is 16.4. The first-order chi connectivity index (χ1) is 8.88. The van der Waals surface area contributed by atoms with Crippen LogP contribution < -0.4 is 5.32 Å². The van der Waals surface area contributed by atoms with Gasteiger partial charge in [-0.2, -0.15) is 0 Å². The van der Waals surface area contributed by atoms with E-state index < -0.39 is 5.97 Å². The van der Waals surface area contributed by atoms with Crippen LogP contribution in [0.5, 0.6) is 0 Å². The number of benzene rings is 1. The van der Waals surface area contributed by atoms with Crippen molar-refractivity contribution in [1.29, 1.82) is 0 Å². The Bertz CT molecular complexity index is 445. The minimum atomic E-state index is -0.728. The van der Waals surface area contributed by atoms with Crippen molar-refractivity contribution in [2.24, 2.45) is 5.92 Å². The number of carboxylic acid groups (broad SMARTS) is 1. The van der Waals surface area contributed by atoms with Crippen LogP contribution in [0.2, 0.25) is 0 Å². The summed E-state index contributed by atoms with van der Waals surface area (Å²) in [4.78, 5) is 11.1. The number of aliphatic carboxylic acids is 1. The minimum absolute atomic E-state index is 0.164. The Kier molecular flexibility index (Phi) is 3.95. The van der Waals surface area contributed by atoms with Gasteiger partial charge in [0, 0.05) is 0 Å². The van der Waals surface area contributed by atoms with Crippen LogP contribution in [0.3, 0.4) is 0 Å². The number of hydrogen-bond acceptors (Lipinski definition) is 2. The van der Waals surface area contributed by atoms with Gasteiger partial charge in [-0.1, -0.05) is 45.0 Å². The molecule has 0 bridgehead atoms. The van der Waals surface area contributed by atoms with Gasteiger partial charge in [0.25, 0.3) is 0 Å². The van der Waals surface area contributed by atoms with Crippen LogP contribution in [0, 0.1) is 5.92 Å². The summed E-state index contributed by atoms with van der Waals surface area (Å²) < 4.78 is 0. The van der Waals surface area contributed by atoms with Crippen molar-refractivity contribution in [1.82, 2.24) is 5.32 Å². The molecule has 2 rings (SSSR count). The van der Waals surface area contributed by atoms with Gasteiger partial charge in [-0.05, 0) is 41.8 Å². The van der Waals surface area contributed by atoms with E-state index in [9.17, 15) is 4.79 Å². The molecule has 0 amide bonds. The predicted molar refractivity (Wildman–Crippen MR) is 76.4 cm³/mol. The lowest BCUT2D eigenvalue weighted by molar-refractivity contribution is -0.140. The van der Waals surface area contributed by atoms with Crippen molar-refractivity contribution in [2.75, 3.05) is 6.54 Å². The maximum atomic E-state index is 11.1. The molecule has 0 saturated carbocycles. The molecule has 1 fully saturated rings. The van der Waals surface area contributed by atoms with Crippen LogP contribution in [0.1, 0.15) is 38.3 Å². The van der Waals surface area contributed by atoms with Crippen molar-refractivity contribution >= 4 is 5.97 Å². The Morgan fingerprint density at radius 1 is 1.32 bits per heavy atom. The van der Waals surface area contributed by atoms with E-state index in [1.165, 1.54) is 11.1 Å². The molecule has 3 nitrogen and oxygen atoms in total. The fourth-order valence-corrected chi connectivity index (χ4v) is 2.71. The highest BCUT2D eigenvalue weighted by molar-refractivity contribution is 5.74. The molecule has 19 heavy (non-hydrogen) atoms. The normalized spacial score (nSPS) is 23.5. The van der Waals surface area contributed by atoms with E-state index in [4.69, 9.17) is 5.11 Å². The zero-order valence-electron chi connectivity index (χ0n) is 11.9. The molecule has 1 aliphatic heterocycles. The van der Waals surface area contributed by atoms with E-state index in [0.29, 0.717) is 0 Å². The minimum Gasteiger partial charge on any atom is -0.480 e. The fourth-order valence-electron chi connectivity index (χ4n) is 2.71. The Morgan fingerprint density at radius 2 is 1.95 bits per heavy atom. The molecule has 1 aromatic carbocycles. The summed E-state index contributed by atoms with van der Waals surface area (Å²) in [5.41, 5.74) is 2.71. The van der Waals surface area contributed by atoms with Gasteiger partial charge < -0.3 is 10.4 Å². The van der Waals surface area contributed by atoms with Crippen LogP contribution >= 0.6 is 0 Å². The molecular formula is C16H23NO2. The molecular weight excluding hydrogens is 238 g/mol. The van der Waals surface area contributed by atoms with Crippen LogP contribution in [0.25, 0.3) is 0 Å². The Balaban J connectivity index is 2.06. The molecule has 1 unspecified atom stereocenters. The summed E-state index contributed by atoms with van der Waals surface area (Å²) in [5, 5.41) is 12.2. The van der Waals surface area contributed by atoms with Gasteiger partial charge in [0.2, 0.25) is 0 Å². The van der Waals surface area contributed by atoms with Gasteiger partial charge in [-0.3, -0.25) is 4.79 Å². The van der Waals surface area contributed by atoms with Gasteiger partial charge in [0.1, 0.15) is 6.04 Å². The summed E-state index contributed by atoms with van der Waals surface area (Å²) in [6, 6.07) is 8.21. The second-order valence-corrected chi connectivity index (χ2v) is 6.47. The third-order valence-electron chi connectivity index (χ3n) is 3.93. The highest BCUT2D eigenvalue weighted by Gasteiger charge is 2.32. The lowest BCUT2D eigenvalue weighted by atomic mass is 9.85. The zero-order valence-corrected chi connectivity index (χ0v) is 11.9. The van der Waals surface area contributed by atoms with Gasteiger partial charge in [0.15, 0.2) is 0 Å². The molecule has 0 radical (unpaired) electrons. The average molecular weight is 261 g/mol. The van der Waals surface area contributed by atoms with E-state index >= 15 is 0 Å². The summed E-state index contributed by atoms with van der Waals surface area (Å²) in [7, 11) is 0. The van der Waals surface area contributed by atoms with E-state index in [0.717, 1.165) is 19.4 Å². The molecule has 0 aromatic heterocycles. The molecule has 2 atom stereocenters. The van der Waals surface area contributed by atoms with Crippen molar-refractivity contribution in [2.45, 2.75) is 45.1 Å². The Hall–Kier alpha value is -1.35. The van der Waals surface area contributed by atoms with E-state index in [2.05, 4.69) is 50.4 Å². The van der Waals surface area contributed by atoms with Crippen molar-refractivity contribution < 1.29 is 9.90 Å². The number of nitrogens with one attached hydrogen (secondary N) is 1. The number of carbonyl (C=O) groups is 1. The number of hydrogen-bond donors (Lipinski definition) is 2. The number of rotatable bonds is 3. The molecule has 3 heteroatoms. The summed E-state index contributed by atoms with van der Waals surface area (Å²) >= 11 is 0. The zero-order chi connectivity index (χ0) is 14.0. The third kappa shape index (κ3) is 3.35. The molecule has 104 valence electrons. The maximum absolute atomic E-state index is 11.1. The first kappa shape index (κ1) is 14.1. The van der Waals surface area contributed by atoms with Crippen LogP contribution in [-0.4, -0.2) is 23.7 Å². The van der Waals surface area contributed by atoms with Gasteiger partial charge in [-0.15, -0.1) is 0 Å². The van der Waals surface area contributed by atoms with Crippen LogP contribution in [0.4, 0.5) is 0 Å². The van der Waals surface area contributed by atoms with E-state index in [1.54, 1.807) is 0 Å². The summed E-state index contributed by atoms with van der Waals surface area (Å²) in [5.74, 6) is -0.521. The van der Waals surface area contributed by atoms with Crippen molar-refractivity contribution in [3.8, 4) is 0 Å². The lowest BCUT2D eigenvalue weighted by Gasteiger charge is -2.20. The van der Waals surface area contributed by atoms with Crippen LogP contribution in [0.15, 0.2) is 24.3 Å².